The molecule has 36 heavy (non-hydrogen) atoms. The molecule has 3 heterocycles. The average Bonchev–Trinajstić information content (AvgIpc) is 3.39. The molecule has 2 aromatic carbocycles. The minimum absolute atomic E-state index is 0.0212. The molecule has 1 aromatic heterocycles. The monoisotopic (exact) mass is 505 g/mol. The number of aromatic nitrogens is 2. The van der Waals surface area contributed by atoms with E-state index in [4.69, 9.17) is 21.1 Å². The lowest BCUT2D eigenvalue weighted by Crippen LogP contribution is -2.42. The van der Waals surface area contributed by atoms with Gasteiger partial charge in [-0.1, -0.05) is 17.7 Å². The van der Waals surface area contributed by atoms with Gasteiger partial charge in [-0.25, -0.2) is 4.79 Å². The van der Waals surface area contributed by atoms with Crippen molar-refractivity contribution in [3.8, 4) is 28.7 Å². The zero-order valence-electron chi connectivity index (χ0n) is 20.3. The molecule has 1 fully saturated rings. The van der Waals surface area contributed by atoms with E-state index in [1.54, 1.807) is 23.1 Å². The van der Waals surface area contributed by atoms with Crippen molar-refractivity contribution in [1.29, 1.82) is 5.26 Å². The van der Waals surface area contributed by atoms with Gasteiger partial charge >= 0.3 is 6.09 Å². The van der Waals surface area contributed by atoms with Crippen LogP contribution in [-0.4, -0.2) is 42.1 Å². The van der Waals surface area contributed by atoms with E-state index in [0.29, 0.717) is 29.0 Å². The molecule has 1 unspecified atom stereocenters. The standard InChI is InChI=1S/C27H28ClN5O3/c1-17-6-7-21-24(33(17)27(34)35-2)9-8-20(18-15-31-32(16-18)19-10-12-30-13-11-19)26(21)36-25-5-3-4-23(28)22(25)14-29/h3-5,8-9,15-17,19,30H,6-7,10-13H2,1-2H3. The Hall–Kier alpha value is -3.54. The van der Waals surface area contributed by atoms with E-state index >= 15 is 0 Å². The molecule has 1 atom stereocenters. The highest BCUT2D eigenvalue weighted by atomic mass is 35.5. The molecule has 3 aromatic rings. The number of rotatable bonds is 4. The summed E-state index contributed by atoms with van der Waals surface area (Å²) in [7, 11) is 1.38. The van der Waals surface area contributed by atoms with Crippen LogP contribution >= 0.6 is 11.6 Å². The number of nitrogens with zero attached hydrogens (tertiary/aromatic N) is 4. The first-order valence-electron chi connectivity index (χ1n) is 12.2. The maximum absolute atomic E-state index is 12.7. The Morgan fingerprint density at radius 3 is 2.78 bits per heavy atom. The largest absolute Gasteiger partial charge is 0.455 e. The van der Waals surface area contributed by atoms with Gasteiger partial charge in [-0.05, 0) is 70.0 Å². The molecular formula is C27H28ClN5O3. The van der Waals surface area contributed by atoms with E-state index in [1.807, 2.05) is 29.9 Å². The van der Waals surface area contributed by atoms with Gasteiger partial charge in [0.2, 0.25) is 0 Å². The first-order valence-corrected chi connectivity index (χ1v) is 12.5. The highest BCUT2D eigenvalue weighted by molar-refractivity contribution is 6.32. The van der Waals surface area contributed by atoms with Gasteiger partial charge in [-0.15, -0.1) is 0 Å². The van der Waals surface area contributed by atoms with Crippen molar-refractivity contribution in [3.63, 3.8) is 0 Å². The van der Waals surface area contributed by atoms with Crippen LogP contribution in [0.25, 0.3) is 11.1 Å². The second-order valence-electron chi connectivity index (χ2n) is 9.18. The molecule has 9 heteroatoms. The lowest BCUT2D eigenvalue weighted by atomic mass is 9.92. The number of benzene rings is 2. The zero-order chi connectivity index (χ0) is 25.2. The van der Waals surface area contributed by atoms with Gasteiger partial charge in [0.05, 0.1) is 30.1 Å². The summed E-state index contributed by atoms with van der Waals surface area (Å²) in [6.07, 6.45) is 6.99. The normalized spacial score (nSPS) is 17.8. The summed E-state index contributed by atoms with van der Waals surface area (Å²) < 4.78 is 13.6. The van der Waals surface area contributed by atoms with Crippen molar-refractivity contribution in [2.45, 2.75) is 44.7 Å². The smallest absolute Gasteiger partial charge is 0.414 e. The molecule has 1 N–H and O–H groups in total. The van der Waals surface area contributed by atoms with Crippen LogP contribution in [0.5, 0.6) is 11.5 Å². The quantitative estimate of drug-likeness (QED) is 0.489. The Balaban J connectivity index is 1.64. The van der Waals surface area contributed by atoms with Crippen LogP contribution in [0.15, 0.2) is 42.7 Å². The number of methoxy groups -OCH3 is 1. The first kappa shape index (κ1) is 24.2. The predicted octanol–water partition coefficient (Wildman–Crippen LogP) is 5.70. The molecule has 0 radical (unpaired) electrons. The summed E-state index contributed by atoms with van der Waals surface area (Å²) in [4.78, 5) is 14.3. The third-order valence-electron chi connectivity index (χ3n) is 7.01. The van der Waals surface area contributed by atoms with Gasteiger partial charge in [0.1, 0.15) is 23.1 Å². The summed E-state index contributed by atoms with van der Waals surface area (Å²) in [5, 5.41) is 18.1. The Morgan fingerprint density at radius 2 is 2.03 bits per heavy atom. The highest BCUT2D eigenvalue weighted by Gasteiger charge is 2.33. The van der Waals surface area contributed by atoms with Crippen LogP contribution in [0, 0.1) is 11.3 Å². The van der Waals surface area contributed by atoms with Crippen molar-refractivity contribution in [2.24, 2.45) is 0 Å². The molecule has 8 nitrogen and oxygen atoms in total. The number of anilines is 1. The number of nitriles is 1. The van der Waals surface area contributed by atoms with E-state index < -0.39 is 6.09 Å². The fourth-order valence-corrected chi connectivity index (χ4v) is 5.29. The molecule has 0 bridgehead atoms. The Kier molecular flexibility index (Phi) is 6.86. The number of carbonyl (C=O) groups is 1. The molecule has 1 saturated heterocycles. The lowest BCUT2D eigenvalue weighted by Gasteiger charge is -2.35. The zero-order valence-corrected chi connectivity index (χ0v) is 21.1. The van der Waals surface area contributed by atoms with Gasteiger partial charge in [-0.3, -0.25) is 9.58 Å². The molecule has 186 valence electrons. The van der Waals surface area contributed by atoms with Crippen LogP contribution in [0.4, 0.5) is 10.5 Å². The van der Waals surface area contributed by atoms with Gasteiger partial charge in [-0.2, -0.15) is 10.4 Å². The molecule has 5 rings (SSSR count). The fraction of sp³-hybridized carbons (Fsp3) is 0.370. The fourth-order valence-electron chi connectivity index (χ4n) is 5.08. The van der Waals surface area contributed by atoms with Crippen molar-refractivity contribution >= 4 is 23.4 Å². The van der Waals surface area contributed by atoms with Gasteiger partial charge in [0.25, 0.3) is 0 Å². The SMILES string of the molecule is COC(=O)N1c2ccc(-c3cnn(C4CCNCC4)c3)c(Oc3cccc(Cl)c3C#N)c2CCC1C. The Labute approximate surface area is 215 Å². The molecule has 1 amide bonds. The van der Waals surface area contributed by atoms with Crippen molar-refractivity contribution in [1.82, 2.24) is 15.1 Å². The number of hydrogen-bond donors (Lipinski definition) is 1. The van der Waals surface area contributed by atoms with E-state index in [0.717, 1.165) is 54.7 Å². The maximum atomic E-state index is 12.7. The first-order chi connectivity index (χ1) is 17.5. The second-order valence-corrected chi connectivity index (χ2v) is 9.59. The average molecular weight is 506 g/mol. The molecule has 0 spiro atoms. The molecule has 0 aliphatic carbocycles. The summed E-state index contributed by atoms with van der Waals surface area (Å²) in [6.45, 7) is 3.95. The number of amides is 1. The number of carbonyl (C=O) groups excluding carboxylic acids is 1. The second kappa shape index (κ2) is 10.2. The third-order valence-corrected chi connectivity index (χ3v) is 7.33. The number of hydrogen-bond acceptors (Lipinski definition) is 6. The van der Waals surface area contributed by atoms with Gasteiger partial charge < -0.3 is 14.8 Å². The Morgan fingerprint density at radius 1 is 1.22 bits per heavy atom. The topological polar surface area (TPSA) is 92.4 Å². The number of ether oxygens (including phenoxy) is 2. The molecular weight excluding hydrogens is 478 g/mol. The van der Waals surface area contributed by atoms with Crippen LogP contribution in [0.3, 0.4) is 0 Å². The number of piperidine rings is 1. The van der Waals surface area contributed by atoms with Crippen molar-refractivity contribution in [3.05, 3.63) is 58.9 Å². The minimum atomic E-state index is -0.415. The van der Waals surface area contributed by atoms with E-state index in [9.17, 15) is 10.1 Å². The van der Waals surface area contributed by atoms with Crippen LogP contribution < -0.4 is 15.0 Å². The molecule has 2 aliphatic rings. The summed E-state index contributed by atoms with van der Waals surface area (Å²) >= 11 is 6.30. The number of halogens is 1. The van der Waals surface area contributed by atoms with E-state index in [-0.39, 0.29) is 11.6 Å². The third kappa shape index (κ3) is 4.41. The predicted molar refractivity (Wildman–Crippen MR) is 138 cm³/mol. The summed E-state index contributed by atoms with van der Waals surface area (Å²) in [5.74, 6) is 0.963. The van der Waals surface area contributed by atoms with E-state index in [1.165, 1.54) is 7.11 Å². The van der Waals surface area contributed by atoms with Crippen LogP contribution in [0.1, 0.15) is 43.4 Å². The highest BCUT2D eigenvalue weighted by Crippen LogP contribution is 2.45. The minimum Gasteiger partial charge on any atom is -0.455 e. The molecule has 0 saturated carbocycles. The van der Waals surface area contributed by atoms with Crippen molar-refractivity contribution < 1.29 is 14.3 Å². The van der Waals surface area contributed by atoms with Gasteiger partial charge in [0, 0.05) is 28.9 Å². The lowest BCUT2D eigenvalue weighted by molar-refractivity contribution is 0.175. The van der Waals surface area contributed by atoms with E-state index in [2.05, 4.69) is 22.7 Å². The Bertz CT molecular complexity index is 1330. The number of fused-ring (bicyclic) bond motifs is 1. The van der Waals surface area contributed by atoms with Gasteiger partial charge in [0.15, 0.2) is 0 Å². The number of nitrogens with one attached hydrogen (secondary N) is 1. The summed E-state index contributed by atoms with van der Waals surface area (Å²) in [5.41, 5.74) is 3.65. The maximum Gasteiger partial charge on any atom is 0.414 e. The van der Waals surface area contributed by atoms with Crippen molar-refractivity contribution in [2.75, 3.05) is 25.1 Å². The van der Waals surface area contributed by atoms with Crippen LogP contribution in [-0.2, 0) is 11.2 Å². The molecule has 2 aliphatic heterocycles. The summed E-state index contributed by atoms with van der Waals surface area (Å²) in [6, 6.07) is 11.5. The van der Waals surface area contributed by atoms with Crippen LogP contribution in [0.2, 0.25) is 5.02 Å².